The van der Waals surface area contributed by atoms with Crippen molar-refractivity contribution in [1.82, 2.24) is 9.78 Å². The van der Waals surface area contributed by atoms with Gasteiger partial charge in [-0.25, -0.2) is 0 Å². The maximum Gasteiger partial charge on any atom is 0.171 e. The monoisotopic (exact) mass is 276 g/mol. The van der Waals surface area contributed by atoms with E-state index in [-0.39, 0.29) is 11.2 Å². The Morgan fingerprint density at radius 1 is 1.30 bits per heavy atom. The van der Waals surface area contributed by atoms with E-state index in [1.807, 2.05) is 11.7 Å². The van der Waals surface area contributed by atoms with Crippen LogP contribution >= 0.6 is 0 Å². The molecule has 0 amide bonds. The first-order chi connectivity index (χ1) is 9.55. The third kappa shape index (κ3) is 1.52. The van der Waals surface area contributed by atoms with Gasteiger partial charge in [0.1, 0.15) is 0 Å². The molecule has 110 valence electrons. The first-order valence-electron chi connectivity index (χ1n) is 7.86. The zero-order valence-electron chi connectivity index (χ0n) is 12.7. The Kier molecular flexibility index (Phi) is 2.62. The van der Waals surface area contributed by atoms with E-state index in [1.54, 1.807) is 0 Å². The van der Waals surface area contributed by atoms with Crippen molar-refractivity contribution in [2.75, 3.05) is 13.2 Å². The lowest BCUT2D eigenvalue weighted by Crippen LogP contribution is -2.55. The molecular formula is C16H24N2O2. The van der Waals surface area contributed by atoms with Gasteiger partial charge in [-0.1, -0.05) is 13.8 Å². The molecule has 0 N–H and O–H groups in total. The average Bonchev–Trinajstić information content (AvgIpc) is 3.02. The number of hydrogen-bond acceptors (Lipinski definition) is 3. The highest BCUT2D eigenvalue weighted by Crippen LogP contribution is 2.56. The van der Waals surface area contributed by atoms with Gasteiger partial charge in [-0.15, -0.1) is 0 Å². The molecule has 1 aromatic rings. The van der Waals surface area contributed by atoms with Gasteiger partial charge >= 0.3 is 0 Å². The highest BCUT2D eigenvalue weighted by molar-refractivity contribution is 5.31. The van der Waals surface area contributed by atoms with Gasteiger partial charge in [-0.05, 0) is 30.7 Å². The fourth-order valence-corrected chi connectivity index (χ4v) is 4.96. The van der Waals surface area contributed by atoms with E-state index < -0.39 is 0 Å². The van der Waals surface area contributed by atoms with Crippen molar-refractivity contribution in [2.24, 2.45) is 18.9 Å². The van der Waals surface area contributed by atoms with Gasteiger partial charge in [0.2, 0.25) is 0 Å². The average molecular weight is 276 g/mol. The van der Waals surface area contributed by atoms with Crippen molar-refractivity contribution in [3.63, 3.8) is 0 Å². The molecule has 4 rings (SSSR count). The molecular weight excluding hydrogens is 252 g/mol. The summed E-state index contributed by atoms with van der Waals surface area (Å²) in [4.78, 5) is 0. The van der Waals surface area contributed by atoms with E-state index in [0.717, 1.165) is 32.5 Å². The number of ether oxygens (including phenoxy) is 2. The summed E-state index contributed by atoms with van der Waals surface area (Å²) in [6, 6.07) is 0. The van der Waals surface area contributed by atoms with Gasteiger partial charge in [0.05, 0.1) is 18.9 Å². The number of rotatable bonds is 0. The molecule has 1 aromatic heterocycles. The Hall–Kier alpha value is -0.870. The highest BCUT2D eigenvalue weighted by Gasteiger charge is 2.57. The minimum atomic E-state index is -0.309. The largest absolute Gasteiger partial charge is 0.347 e. The molecule has 1 spiro atoms. The number of hydrogen-bond donors (Lipinski definition) is 0. The van der Waals surface area contributed by atoms with Crippen LogP contribution in [0.3, 0.4) is 0 Å². The molecule has 0 aromatic carbocycles. The van der Waals surface area contributed by atoms with Gasteiger partial charge in [0.25, 0.3) is 0 Å². The van der Waals surface area contributed by atoms with Crippen molar-refractivity contribution in [1.29, 1.82) is 0 Å². The summed E-state index contributed by atoms with van der Waals surface area (Å²) in [5.74, 6) is 0.742. The topological polar surface area (TPSA) is 36.3 Å². The Balaban J connectivity index is 1.74. The molecule has 2 fully saturated rings. The van der Waals surface area contributed by atoms with Crippen molar-refractivity contribution in [2.45, 2.75) is 50.7 Å². The SMILES string of the molecule is C[C@H]1[C@@H]2CCc3cn(C)nc3[C@@]2(C)CCC12OCCO2. The number of aromatic nitrogens is 2. The summed E-state index contributed by atoms with van der Waals surface area (Å²) in [7, 11) is 2.04. The van der Waals surface area contributed by atoms with Crippen molar-refractivity contribution < 1.29 is 9.47 Å². The fourth-order valence-electron chi connectivity index (χ4n) is 4.96. The van der Waals surface area contributed by atoms with Crippen molar-refractivity contribution >= 4 is 0 Å². The van der Waals surface area contributed by atoms with Crippen LogP contribution in [0, 0.1) is 11.8 Å². The third-order valence-corrected chi connectivity index (χ3v) is 6.05. The molecule has 3 atom stereocenters. The molecule has 0 unspecified atom stereocenters. The molecule has 4 heteroatoms. The van der Waals surface area contributed by atoms with Gasteiger partial charge in [0.15, 0.2) is 5.79 Å². The zero-order chi connectivity index (χ0) is 14.0. The van der Waals surface area contributed by atoms with Gasteiger partial charge in [0, 0.05) is 31.0 Å². The second-order valence-electron chi connectivity index (χ2n) is 7.04. The Morgan fingerprint density at radius 2 is 2.05 bits per heavy atom. The second kappa shape index (κ2) is 4.08. The van der Waals surface area contributed by atoms with Gasteiger partial charge in [-0.3, -0.25) is 4.68 Å². The molecule has 2 heterocycles. The smallest absolute Gasteiger partial charge is 0.171 e. The van der Waals surface area contributed by atoms with Crippen LogP contribution in [0.5, 0.6) is 0 Å². The molecule has 20 heavy (non-hydrogen) atoms. The Bertz CT molecular complexity index is 533. The summed E-state index contributed by atoms with van der Waals surface area (Å²) in [6.07, 6.45) is 6.69. The molecule has 2 aliphatic carbocycles. The molecule has 0 bridgehead atoms. The van der Waals surface area contributed by atoms with Crippen LogP contribution in [0.4, 0.5) is 0 Å². The normalized spacial score (nSPS) is 38.8. The van der Waals surface area contributed by atoms with Crippen LogP contribution < -0.4 is 0 Å². The van der Waals surface area contributed by atoms with E-state index in [9.17, 15) is 0 Å². The fraction of sp³-hybridized carbons (Fsp3) is 0.812. The van der Waals surface area contributed by atoms with E-state index in [4.69, 9.17) is 14.6 Å². The summed E-state index contributed by atoms with van der Waals surface area (Å²) in [5, 5.41) is 4.79. The van der Waals surface area contributed by atoms with Crippen molar-refractivity contribution in [3.8, 4) is 0 Å². The summed E-state index contributed by atoms with van der Waals surface area (Å²) < 4.78 is 14.0. The van der Waals surface area contributed by atoms with E-state index in [2.05, 4.69) is 20.0 Å². The first kappa shape index (κ1) is 12.8. The molecule has 1 saturated heterocycles. The predicted octanol–water partition coefficient (Wildman–Crippen LogP) is 2.41. The van der Waals surface area contributed by atoms with Crippen LogP contribution in [0.25, 0.3) is 0 Å². The van der Waals surface area contributed by atoms with Crippen LogP contribution in [-0.4, -0.2) is 28.8 Å². The number of nitrogens with zero attached hydrogens (tertiary/aromatic N) is 2. The lowest BCUT2D eigenvalue weighted by atomic mass is 9.55. The van der Waals surface area contributed by atoms with E-state index in [0.29, 0.717) is 11.8 Å². The number of aryl methyl sites for hydroxylation is 2. The molecule has 1 saturated carbocycles. The minimum absolute atomic E-state index is 0.189. The molecule has 4 nitrogen and oxygen atoms in total. The standard InChI is InChI=1S/C16H24N2O2/c1-11-13-5-4-12-10-18(3)17-14(12)15(13,2)6-7-16(11)19-8-9-20-16/h10-11,13H,4-9H2,1-3H3/t11-,13-,15-/m0/s1. The molecule has 3 aliphatic rings. The zero-order valence-corrected chi connectivity index (χ0v) is 12.7. The van der Waals surface area contributed by atoms with Crippen molar-refractivity contribution in [3.05, 3.63) is 17.5 Å². The lowest BCUT2D eigenvalue weighted by molar-refractivity contribution is -0.234. The number of fused-ring (bicyclic) bond motifs is 3. The minimum Gasteiger partial charge on any atom is -0.347 e. The summed E-state index contributed by atoms with van der Waals surface area (Å²) >= 11 is 0. The lowest BCUT2D eigenvalue weighted by Gasteiger charge is -2.53. The van der Waals surface area contributed by atoms with Crippen LogP contribution in [-0.2, 0) is 28.4 Å². The van der Waals surface area contributed by atoms with Gasteiger partial charge < -0.3 is 9.47 Å². The Labute approximate surface area is 120 Å². The van der Waals surface area contributed by atoms with E-state index >= 15 is 0 Å². The third-order valence-electron chi connectivity index (χ3n) is 6.05. The Morgan fingerprint density at radius 3 is 2.80 bits per heavy atom. The highest BCUT2D eigenvalue weighted by atomic mass is 16.7. The maximum absolute atomic E-state index is 6.03. The first-order valence-corrected chi connectivity index (χ1v) is 7.86. The van der Waals surface area contributed by atoms with E-state index in [1.165, 1.54) is 17.7 Å². The summed E-state index contributed by atoms with van der Waals surface area (Å²) in [6.45, 7) is 6.23. The summed E-state index contributed by atoms with van der Waals surface area (Å²) in [5.41, 5.74) is 2.97. The molecule has 0 radical (unpaired) electrons. The molecule has 1 aliphatic heterocycles. The second-order valence-corrected chi connectivity index (χ2v) is 7.04. The van der Waals surface area contributed by atoms with Gasteiger partial charge in [-0.2, -0.15) is 5.10 Å². The van der Waals surface area contributed by atoms with Crippen LogP contribution in [0.2, 0.25) is 0 Å². The quantitative estimate of drug-likeness (QED) is 0.730. The van der Waals surface area contributed by atoms with Crippen LogP contribution in [0.15, 0.2) is 6.20 Å². The maximum atomic E-state index is 6.03. The predicted molar refractivity (Wildman–Crippen MR) is 75.4 cm³/mol. The van der Waals surface area contributed by atoms with Crippen LogP contribution in [0.1, 0.15) is 44.4 Å².